The van der Waals surface area contributed by atoms with E-state index in [1.807, 2.05) is 18.2 Å². The van der Waals surface area contributed by atoms with Crippen molar-refractivity contribution in [2.24, 2.45) is 5.92 Å². The Hall–Kier alpha value is -1.75. The number of carbonyl (C=O) groups is 1. The summed E-state index contributed by atoms with van der Waals surface area (Å²) in [5.74, 6) is 2.26. The third-order valence-electron chi connectivity index (χ3n) is 5.14. The highest BCUT2D eigenvalue weighted by Gasteiger charge is 2.34. The lowest BCUT2D eigenvalue weighted by Crippen LogP contribution is -2.39. The Balaban J connectivity index is 1.28. The van der Waals surface area contributed by atoms with Crippen molar-refractivity contribution in [1.82, 2.24) is 10.6 Å². The van der Waals surface area contributed by atoms with Crippen molar-refractivity contribution in [2.75, 3.05) is 13.2 Å². The summed E-state index contributed by atoms with van der Waals surface area (Å²) in [6.45, 7) is 1.73. The Labute approximate surface area is 136 Å². The average Bonchev–Trinajstić information content (AvgIpc) is 2.91. The Morgan fingerprint density at radius 2 is 1.87 bits per heavy atom. The second-order valence-corrected chi connectivity index (χ2v) is 6.93. The summed E-state index contributed by atoms with van der Waals surface area (Å²) < 4.78 is 11.1. The fourth-order valence-corrected chi connectivity index (χ4v) is 4.07. The molecule has 2 atom stereocenters. The number of hydrogen-bond acceptors (Lipinski definition) is 4. The van der Waals surface area contributed by atoms with Gasteiger partial charge >= 0.3 is 0 Å². The van der Waals surface area contributed by atoms with Crippen LogP contribution >= 0.6 is 0 Å². The molecule has 124 valence electrons. The molecule has 3 aliphatic rings. The highest BCUT2D eigenvalue weighted by atomic mass is 16.6. The van der Waals surface area contributed by atoms with Crippen LogP contribution in [-0.4, -0.2) is 31.2 Å². The van der Waals surface area contributed by atoms with Gasteiger partial charge in [-0.15, -0.1) is 0 Å². The van der Waals surface area contributed by atoms with Crippen LogP contribution < -0.4 is 20.1 Å². The molecule has 5 heteroatoms. The van der Waals surface area contributed by atoms with Gasteiger partial charge in [0, 0.05) is 25.0 Å². The maximum absolute atomic E-state index is 12.2. The van der Waals surface area contributed by atoms with Gasteiger partial charge in [-0.25, -0.2) is 0 Å². The largest absolute Gasteiger partial charge is 0.486 e. The maximum Gasteiger partial charge on any atom is 0.220 e. The zero-order valence-corrected chi connectivity index (χ0v) is 13.3. The predicted molar refractivity (Wildman–Crippen MR) is 86.6 cm³/mol. The van der Waals surface area contributed by atoms with E-state index in [2.05, 4.69) is 10.6 Å². The molecule has 2 bridgehead atoms. The van der Waals surface area contributed by atoms with E-state index in [9.17, 15) is 4.79 Å². The van der Waals surface area contributed by atoms with E-state index >= 15 is 0 Å². The number of ether oxygens (including phenoxy) is 2. The standard InChI is InChI=1S/C18H24N2O3/c21-18(10-13-7-14-2-3-15(8-13)20-14)19-11-12-1-4-16-17(9-12)23-6-5-22-16/h1,4,9,13-15,20H,2-3,5-8,10-11H2,(H,19,21). The molecule has 1 aromatic carbocycles. The maximum atomic E-state index is 12.2. The molecule has 0 aliphatic carbocycles. The molecule has 0 saturated carbocycles. The van der Waals surface area contributed by atoms with Crippen LogP contribution in [0.25, 0.3) is 0 Å². The summed E-state index contributed by atoms with van der Waals surface area (Å²) in [5, 5.41) is 6.67. The number of fused-ring (bicyclic) bond motifs is 3. The molecule has 0 spiro atoms. The fraction of sp³-hybridized carbons (Fsp3) is 0.611. The second kappa shape index (κ2) is 6.40. The van der Waals surface area contributed by atoms with Gasteiger partial charge in [0.25, 0.3) is 0 Å². The smallest absolute Gasteiger partial charge is 0.220 e. The fourth-order valence-electron chi connectivity index (χ4n) is 4.07. The van der Waals surface area contributed by atoms with Crippen molar-refractivity contribution in [3.63, 3.8) is 0 Å². The average molecular weight is 316 g/mol. The van der Waals surface area contributed by atoms with Crippen LogP contribution in [0.15, 0.2) is 18.2 Å². The molecule has 23 heavy (non-hydrogen) atoms. The first-order chi connectivity index (χ1) is 11.3. The zero-order chi connectivity index (χ0) is 15.6. The van der Waals surface area contributed by atoms with Crippen LogP contribution in [0, 0.1) is 5.92 Å². The van der Waals surface area contributed by atoms with Gasteiger partial charge in [0.15, 0.2) is 11.5 Å². The molecule has 0 radical (unpaired) electrons. The number of amides is 1. The molecule has 3 aliphatic heterocycles. The summed E-state index contributed by atoms with van der Waals surface area (Å²) in [6.07, 6.45) is 5.50. The molecule has 2 N–H and O–H groups in total. The van der Waals surface area contributed by atoms with Crippen molar-refractivity contribution < 1.29 is 14.3 Å². The van der Waals surface area contributed by atoms with Gasteiger partial charge in [-0.3, -0.25) is 4.79 Å². The van der Waals surface area contributed by atoms with Crippen molar-refractivity contribution in [2.45, 2.75) is 50.7 Å². The van der Waals surface area contributed by atoms with Crippen molar-refractivity contribution in [1.29, 1.82) is 0 Å². The normalized spacial score (nSPS) is 28.4. The molecular weight excluding hydrogens is 292 g/mol. The molecule has 2 unspecified atom stereocenters. The van der Waals surface area contributed by atoms with E-state index in [0.29, 0.717) is 44.2 Å². The Kier molecular flexibility index (Phi) is 4.12. The molecule has 1 amide bonds. The van der Waals surface area contributed by atoms with E-state index in [4.69, 9.17) is 9.47 Å². The van der Waals surface area contributed by atoms with Gasteiger partial charge in [0.2, 0.25) is 5.91 Å². The van der Waals surface area contributed by atoms with E-state index in [1.165, 1.54) is 12.8 Å². The van der Waals surface area contributed by atoms with Gasteiger partial charge in [-0.2, -0.15) is 0 Å². The van der Waals surface area contributed by atoms with Crippen molar-refractivity contribution in [3.05, 3.63) is 23.8 Å². The molecule has 1 aromatic rings. The van der Waals surface area contributed by atoms with Gasteiger partial charge in [-0.05, 0) is 49.3 Å². The summed E-state index contributed by atoms with van der Waals surface area (Å²) in [7, 11) is 0. The van der Waals surface area contributed by atoms with E-state index in [-0.39, 0.29) is 5.91 Å². The minimum absolute atomic E-state index is 0.159. The van der Waals surface area contributed by atoms with Crippen LogP contribution in [0.5, 0.6) is 11.5 Å². The summed E-state index contributed by atoms with van der Waals surface area (Å²) in [5.41, 5.74) is 1.05. The van der Waals surface area contributed by atoms with Crippen LogP contribution in [0.3, 0.4) is 0 Å². The molecular formula is C18H24N2O3. The minimum Gasteiger partial charge on any atom is -0.486 e. The minimum atomic E-state index is 0.159. The number of hydrogen-bond donors (Lipinski definition) is 2. The highest BCUT2D eigenvalue weighted by Crippen LogP contribution is 2.33. The number of benzene rings is 1. The molecule has 4 rings (SSSR count). The van der Waals surface area contributed by atoms with Crippen LogP contribution in [0.2, 0.25) is 0 Å². The van der Waals surface area contributed by atoms with E-state index < -0.39 is 0 Å². The number of piperidine rings is 1. The molecule has 5 nitrogen and oxygen atoms in total. The van der Waals surface area contributed by atoms with Gasteiger partial charge in [0.1, 0.15) is 13.2 Å². The first-order valence-electron chi connectivity index (χ1n) is 8.67. The highest BCUT2D eigenvalue weighted by molar-refractivity contribution is 5.76. The van der Waals surface area contributed by atoms with Crippen LogP contribution in [0.4, 0.5) is 0 Å². The lowest BCUT2D eigenvalue weighted by molar-refractivity contribution is -0.122. The zero-order valence-electron chi connectivity index (χ0n) is 13.3. The first-order valence-corrected chi connectivity index (χ1v) is 8.67. The molecule has 2 saturated heterocycles. The number of carbonyl (C=O) groups excluding carboxylic acids is 1. The van der Waals surface area contributed by atoms with Gasteiger partial charge in [-0.1, -0.05) is 6.07 Å². The lowest BCUT2D eigenvalue weighted by atomic mass is 9.89. The monoisotopic (exact) mass is 316 g/mol. The molecule has 0 aromatic heterocycles. The van der Waals surface area contributed by atoms with Crippen LogP contribution in [0.1, 0.15) is 37.7 Å². The Bertz CT molecular complexity index is 578. The van der Waals surface area contributed by atoms with E-state index in [0.717, 1.165) is 29.9 Å². The lowest BCUT2D eigenvalue weighted by Gasteiger charge is -2.28. The summed E-state index contributed by atoms with van der Waals surface area (Å²) in [6, 6.07) is 7.15. The Morgan fingerprint density at radius 1 is 1.13 bits per heavy atom. The van der Waals surface area contributed by atoms with Crippen molar-refractivity contribution >= 4 is 5.91 Å². The first kappa shape index (κ1) is 14.8. The molecule has 2 fully saturated rings. The number of nitrogens with one attached hydrogen (secondary N) is 2. The summed E-state index contributed by atoms with van der Waals surface area (Å²) >= 11 is 0. The third-order valence-corrected chi connectivity index (χ3v) is 5.14. The van der Waals surface area contributed by atoms with Crippen LogP contribution in [-0.2, 0) is 11.3 Å². The van der Waals surface area contributed by atoms with E-state index in [1.54, 1.807) is 0 Å². The Morgan fingerprint density at radius 3 is 2.65 bits per heavy atom. The topological polar surface area (TPSA) is 59.6 Å². The molecule has 3 heterocycles. The third kappa shape index (κ3) is 3.44. The van der Waals surface area contributed by atoms with Gasteiger partial charge < -0.3 is 20.1 Å². The second-order valence-electron chi connectivity index (χ2n) is 6.93. The number of rotatable bonds is 4. The predicted octanol–water partition coefficient (Wildman–Crippen LogP) is 1.99. The quantitative estimate of drug-likeness (QED) is 0.892. The van der Waals surface area contributed by atoms with Crippen molar-refractivity contribution in [3.8, 4) is 11.5 Å². The SMILES string of the molecule is O=C(CC1CC2CCC(C1)N2)NCc1ccc2c(c1)OCCO2. The van der Waals surface area contributed by atoms with Gasteiger partial charge in [0.05, 0.1) is 0 Å². The summed E-state index contributed by atoms with van der Waals surface area (Å²) in [4.78, 5) is 12.2.